The van der Waals surface area contributed by atoms with E-state index in [2.05, 4.69) is 15.2 Å². The number of methoxy groups -OCH3 is 1. The van der Waals surface area contributed by atoms with Crippen molar-refractivity contribution in [1.82, 2.24) is 19.7 Å². The highest BCUT2D eigenvalue weighted by molar-refractivity contribution is 6.29. The molecule has 0 aromatic carbocycles. The van der Waals surface area contributed by atoms with E-state index in [4.69, 9.17) is 26.8 Å². The molecule has 0 aliphatic carbocycles. The highest BCUT2D eigenvalue weighted by Crippen LogP contribution is 2.17. The molecular weight excluding hydrogens is 470 g/mol. The molecule has 34 heavy (non-hydrogen) atoms. The number of nitrogens with zero attached hydrogens (tertiary/aromatic N) is 5. The third-order valence-electron chi connectivity index (χ3n) is 4.77. The first-order chi connectivity index (χ1) is 16.2. The van der Waals surface area contributed by atoms with Crippen LogP contribution >= 0.6 is 11.6 Å². The molecule has 0 saturated heterocycles. The lowest BCUT2D eigenvalue weighted by Gasteiger charge is -2.24. The fraction of sp³-hybridized carbons (Fsp3) is 0.500. The van der Waals surface area contributed by atoms with Crippen LogP contribution in [0.25, 0.3) is 0 Å². The van der Waals surface area contributed by atoms with Crippen LogP contribution in [-0.4, -0.2) is 72.1 Å². The number of carbonyl (C=O) groups excluding carboxylic acids is 2. The standard InChI is InChI=1S/C20H28ClN7O6/c1-4-5-8-28-18(22)17(19(31)23-20(28)32)27(9-10-33-3)15(29)12-34-16(30)11-26(2)14-7-6-13(21)24-25-14/h6-7H,4-5,8-12,22H2,1-3H3,(H,23,31,32). The second-order valence-corrected chi connectivity index (χ2v) is 7.65. The Kier molecular flexibility index (Phi) is 10.0. The number of halogens is 1. The maximum atomic E-state index is 12.9. The molecule has 2 aromatic heterocycles. The van der Waals surface area contributed by atoms with Crippen LogP contribution in [0, 0.1) is 0 Å². The summed E-state index contributed by atoms with van der Waals surface area (Å²) in [5.41, 5.74) is 4.40. The zero-order chi connectivity index (χ0) is 25.3. The Bertz CT molecular complexity index is 1100. The van der Waals surface area contributed by atoms with Crippen LogP contribution in [0.4, 0.5) is 17.3 Å². The van der Waals surface area contributed by atoms with Crippen molar-refractivity contribution >= 4 is 40.8 Å². The van der Waals surface area contributed by atoms with Crippen LogP contribution in [0.2, 0.25) is 5.15 Å². The average molecular weight is 498 g/mol. The van der Waals surface area contributed by atoms with Gasteiger partial charge in [0.05, 0.1) is 6.61 Å². The molecule has 1 amide bonds. The number of carbonyl (C=O) groups is 2. The minimum atomic E-state index is -0.827. The lowest BCUT2D eigenvalue weighted by atomic mass is 10.3. The molecule has 0 radical (unpaired) electrons. The lowest BCUT2D eigenvalue weighted by molar-refractivity contribution is -0.146. The molecule has 0 aliphatic rings. The SMILES string of the molecule is CCCCn1c(N)c(N(CCOC)C(=O)COC(=O)CN(C)c2ccc(Cl)nn2)c(=O)[nH]c1=O. The Hall–Kier alpha value is -3.45. The number of likely N-dealkylation sites (N-methyl/N-ethyl adjacent to an activating group) is 1. The van der Waals surface area contributed by atoms with Crippen LogP contribution < -0.4 is 26.8 Å². The van der Waals surface area contributed by atoms with E-state index in [0.29, 0.717) is 12.2 Å². The molecule has 14 heteroatoms. The number of hydrogen-bond acceptors (Lipinski definition) is 10. The van der Waals surface area contributed by atoms with Gasteiger partial charge in [0.25, 0.3) is 11.5 Å². The van der Waals surface area contributed by atoms with Gasteiger partial charge in [0.1, 0.15) is 12.4 Å². The number of nitrogens with two attached hydrogens (primary N) is 1. The summed E-state index contributed by atoms with van der Waals surface area (Å²) in [6.07, 6.45) is 1.43. The van der Waals surface area contributed by atoms with Gasteiger partial charge in [-0.05, 0) is 18.6 Å². The molecule has 2 rings (SSSR count). The van der Waals surface area contributed by atoms with Crippen molar-refractivity contribution in [3.05, 3.63) is 38.1 Å². The van der Waals surface area contributed by atoms with Gasteiger partial charge in [-0.15, -0.1) is 10.2 Å². The number of ether oxygens (including phenoxy) is 2. The Labute approximate surface area is 200 Å². The highest BCUT2D eigenvalue weighted by Gasteiger charge is 2.25. The third kappa shape index (κ3) is 7.02. The first-order valence-electron chi connectivity index (χ1n) is 10.5. The minimum absolute atomic E-state index is 0.0492. The van der Waals surface area contributed by atoms with E-state index in [0.717, 1.165) is 11.3 Å². The second kappa shape index (κ2) is 12.7. The molecule has 186 valence electrons. The average Bonchev–Trinajstić information content (AvgIpc) is 2.79. The number of amides is 1. The Morgan fingerprint density at radius 1 is 1.26 bits per heavy atom. The molecule has 0 spiro atoms. The molecular formula is C20H28ClN7O6. The molecule has 0 aliphatic heterocycles. The molecule has 0 unspecified atom stereocenters. The Balaban J connectivity index is 2.16. The zero-order valence-electron chi connectivity index (χ0n) is 19.2. The summed E-state index contributed by atoms with van der Waals surface area (Å²) in [7, 11) is 3.01. The molecule has 0 bridgehead atoms. The molecule has 2 aromatic rings. The normalized spacial score (nSPS) is 10.7. The predicted octanol–water partition coefficient (Wildman–Crippen LogP) is 0.0213. The van der Waals surface area contributed by atoms with Crippen molar-refractivity contribution in [1.29, 1.82) is 0 Å². The predicted molar refractivity (Wildman–Crippen MR) is 126 cm³/mol. The van der Waals surface area contributed by atoms with Gasteiger partial charge in [-0.25, -0.2) is 4.79 Å². The van der Waals surface area contributed by atoms with Gasteiger partial charge in [0, 0.05) is 27.2 Å². The third-order valence-corrected chi connectivity index (χ3v) is 4.97. The van der Waals surface area contributed by atoms with Crippen molar-refractivity contribution < 1.29 is 19.1 Å². The minimum Gasteiger partial charge on any atom is -0.454 e. The number of rotatable bonds is 12. The largest absolute Gasteiger partial charge is 0.454 e. The number of unbranched alkanes of at least 4 members (excludes halogenated alkanes) is 1. The molecule has 0 fully saturated rings. The lowest BCUT2D eigenvalue weighted by Crippen LogP contribution is -2.44. The molecule has 13 nitrogen and oxygen atoms in total. The zero-order valence-corrected chi connectivity index (χ0v) is 20.0. The number of aromatic nitrogens is 4. The van der Waals surface area contributed by atoms with Crippen LogP contribution in [0.15, 0.2) is 21.7 Å². The van der Waals surface area contributed by atoms with Gasteiger partial charge < -0.3 is 20.1 Å². The van der Waals surface area contributed by atoms with E-state index in [1.165, 1.54) is 22.6 Å². The first kappa shape index (κ1) is 26.8. The summed E-state index contributed by atoms with van der Waals surface area (Å²) in [6.45, 7) is 1.36. The number of anilines is 3. The number of nitrogens with one attached hydrogen (secondary N) is 1. The van der Waals surface area contributed by atoms with E-state index in [1.54, 1.807) is 13.1 Å². The smallest absolute Gasteiger partial charge is 0.330 e. The fourth-order valence-corrected chi connectivity index (χ4v) is 3.07. The van der Waals surface area contributed by atoms with E-state index >= 15 is 0 Å². The van der Waals surface area contributed by atoms with E-state index in [9.17, 15) is 19.2 Å². The van der Waals surface area contributed by atoms with Crippen molar-refractivity contribution in [2.45, 2.75) is 26.3 Å². The Morgan fingerprint density at radius 2 is 2.00 bits per heavy atom. The monoisotopic (exact) mass is 497 g/mol. The number of hydrogen-bond donors (Lipinski definition) is 2. The van der Waals surface area contributed by atoms with Gasteiger partial charge in [0.15, 0.2) is 23.3 Å². The van der Waals surface area contributed by atoms with Gasteiger partial charge >= 0.3 is 11.7 Å². The van der Waals surface area contributed by atoms with E-state index < -0.39 is 29.7 Å². The van der Waals surface area contributed by atoms with Crippen LogP contribution in [0.3, 0.4) is 0 Å². The summed E-state index contributed by atoms with van der Waals surface area (Å²) >= 11 is 5.70. The van der Waals surface area contributed by atoms with Gasteiger partial charge in [-0.3, -0.25) is 28.8 Å². The van der Waals surface area contributed by atoms with Crippen LogP contribution in [0.1, 0.15) is 19.8 Å². The molecule has 0 saturated carbocycles. The molecule has 2 heterocycles. The van der Waals surface area contributed by atoms with Gasteiger partial charge in [0.2, 0.25) is 0 Å². The molecule has 0 atom stereocenters. The summed E-state index contributed by atoms with van der Waals surface area (Å²) in [4.78, 5) is 54.6. The summed E-state index contributed by atoms with van der Waals surface area (Å²) in [5, 5.41) is 7.75. The van der Waals surface area contributed by atoms with Crippen LogP contribution in [-0.2, 0) is 25.6 Å². The second-order valence-electron chi connectivity index (χ2n) is 7.27. The highest BCUT2D eigenvalue weighted by atomic mass is 35.5. The number of nitrogen functional groups attached to an aromatic ring is 1. The van der Waals surface area contributed by atoms with Crippen LogP contribution in [0.5, 0.6) is 0 Å². The van der Waals surface area contributed by atoms with Crippen molar-refractivity contribution in [3.63, 3.8) is 0 Å². The summed E-state index contributed by atoms with van der Waals surface area (Å²) in [5.74, 6) is -1.20. The quantitative estimate of drug-likeness (QED) is 0.381. The van der Waals surface area contributed by atoms with E-state index in [1.807, 2.05) is 6.92 Å². The number of esters is 1. The summed E-state index contributed by atoms with van der Waals surface area (Å²) < 4.78 is 11.3. The Morgan fingerprint density at radius 3 is 2.62 bits per heavy atom. The maximum absolute atomic E-state index is 12.9. The van der Waals surface area contributed by atoms with Crippen molar-refractivity contribution in [2.24, 2.45) is 0 Å². The van der Waals surface area contributed by atoms with Gasteiger partial charge in [-0.2, -0.15) is 0 Å². The first-order valence-corrected chi connectivity index (χ1v) is 10.8. The summed E-state index contributed by atoms with van der Waals surface area (Å²) in [6, 6.07) is 3.09. The number of H-pyrrole nitrogens is 1. The fourth-order valence-electron chi connectivity index (χ4n) is 2.97. The van der Waals surface area contributed by atoms with Crippen molar-refractivity contribution in [2.75, 3.05) is 56.0 Å². The van der Waals surface area contributed by atoms with Gasteiger partial charge in [-0.1, -0.05) is 24.9 Å². The topological polar surface area (TPSA) is 166 Å². The maximum Gasteiger partial charge on any atom is 0.330 e. The number of aromatic amines is 1. The van der Waals surface area contributed by atoms with E-state index in [-0.39, 0.29) is 42.9 Å². The molecule has 3 N–H and O–H groups in total. The van der Waals surface area contributed by atoms with Crippen molar-refractivity contribution in [3.8, 4) is 0 Å².